The Morgan fingerprint density at radius 1 is 1.39 bits per heavy atom. The number of aliphatic carboxylic acids is 1. The Kier molecular flexibility index (Phi) is 3.38. The summed E-state index contributed by atoms with van der Waals surface area (Å²) in [7, 11) is 0. The second-order valence-electron chi connectivity index (χ2n) is 3.58. The van der Waals surface area contributed by atoms with Crippen LogP contribution < -0.4 is 5.32 Å². The highest BCUT2D eigenvalue weighted by atomic mass is 32.1. The molecule has 5 nitrogen and oxygen atoms in total. The van der Waals surface area contributed by atoms with E-state index in [0.29, 0.717) is 5.69 Å². The minimum absolute atomic E-state index is 0.483. The molecule has 92 valence electrons. The first-order valence-electron chi connectivity index (χ1n) is 5.14. The summed E-state index contributed by atoms with van der Waals surface area (Å²) in [5.41, 5.74) is 1.41. The fourth-order valence-electron chi connectivity index (χ4n) is 1.45. The zero-order valence-electron chi connectivity index (χ0n) is 9.51. The van der Waals surface area contributed by atoms with Gasteiger partial charge in [0.2, 0.25) is 5.91 Å². The molecule has 2 N–H and O–H groups in total. The summed E-state index contributed by atoms with van der Waals surface area (Å²) in [6, 6.07) is 5.38. The lowest BCUT2D eigenvalue weighted by atomic mass is 10.3. The first kappa shape index (κ1) is 12.3. The molecule has 0 bridgehead atoms. The summed E-state index contributed by atoms with van der Waals surface area (Å²) in [4.78, 5) is 25.9. The van der Waals surface area contributed by atoms with Gasteiger partial charge in [0.15, 0.2) is 0 Å². The topological polar surface area (TPSA) is 79.3 Å². The molecule has 1 heterocycles. The van der Waals surface area contributed by atoms with Gasteiger partial charge in [0.1, 0.15) is 0 Å². The first-order valence-corrected chi connectivity index (χ1v) is 5.95. The van der Waals surface area contributed by atoms with Gasteiger partial charge in [-0.1, -0.05) is 0 Å². The number of aromatic nitrogens is 1. The molecule has 0 spiro atoms. The molecule has 0 saturated carbocycles. The zero-order valence-corrected chi connectivity index (χ0v) is 10.3. The third kappa shape index (κ3) is 2.92. The van der Waals surface area contributed by atoms with E-state index in [-0.39, 0.29) is 0 Å². The molecule has 1 amide bonds. The molecule has 0 atom stereocenters. The normalized spacial score (nSPS) is 10.9. The van der Waals surface area contributed by atoms with Gasteiger partial charge < -0.3 is 10.4 Å². The summed E-state index contributed by atoms with van der Waals surface area (Å²) in [6.07, 6.45) is 1.76. The van der Waals surface area contributed by atoms with Crippen LogP contribution in [0.4, 0.5) is 5.69 Å². The second-order valence-corrected chi connectivity index (χ2v) is 4.81. The molecule has 0 aliphatic heterocycles. The van der Waals surface area contributed by atoms with E-state index in [0.717, 1.165) is 27.4 Å². The van der Waals surface area contributed by atoms with Gasteiger partial charge >= 0.3 is 5.97 Å². The minimum Gasteiger partial charge on any atom is -0.478 e. The van der Waals surface area contributed by atoms with Crippen molar-refractivity contribution >= 4 is 39.1 Å². The van der Waals surface area contributed by atoms with Crippen LogP contribution in [0.1, 0.15) is 5.01 Å². The van der Waals surface area contributed by atoms with Crippen molar-refractivity contribution in [3.63, 3.8) is 0 Å². The molecule has 2 rings (SSSR count). The van der Waals surface area contributed by atoms with Crippen LogP contribution in [0.3, 0.4) is 0 Å². The third-order valence-corrected chi connectivity index (χ3v) is 3.09. The number of fused-ring (bicyclic) bond motifs is 1. The van der Waals surface area contributed by atoms with E-state index >= 15 is 0 Å². The number of thiazole rings is 1. The molecule has 0 saturated heterocycles. The maximum absolute atomic E-state index is 11.4. The van der Waals surface area contributed by atoms with Gasteiger partial charge in [-0.25, -0.2) is 9.78 Å². The molecule has 1 aromatic carbocycles. The molecule has 0 aliphatic carbocycles. The fourth-order valence-corrected chi connectivity index (χ4v) is 2.26. The molecule has 0 unspecified atom stereocenters. The predicted molar refractivity (Wildman–Crippen MR) is 69.8 cm³/mol. The lowest BCUT2D eigenvalue weighted by Gasteiger charge is -2.00. The molecular formula is C12H10N2O3S. The Balaban J connectivity index is 2.16. The highest BCUT2D eigenvalue weighted by Gasteiger charge is 2.03. The van der Waals surface area contributed by atoms with Gasteiger partial charge in [-0.15, -0.1) is 11.3 Å². The maximum Gasteiger partial charge on any atom is 0.328 e. The van der Waals surface area contributed by atoms with Crippen LogP contribution in [0.5, 0.6) is 0 Å². The molecular weight excluding hydrogens is 252 g/mol. The van der Waals surface area contributed by atoms with Crippen molar-refractivity contribution in [2.75, 3.05) is 5.32 Å². The number of nitrogens with zero attached hydrogens (tertiary/aromatic N) is 1. The van der Waals surface area contributed by atoms with Crippen LogP contribution >= 0.6 is 11.3 Å². The van der Waals surface area contributed by atoms with Crippen LogP contribution in [0, 0.1) is 6.92 Å². The fraction of sp³-hybridized carbons (Fsp3) is 0.0833. The molecule has 0 fully saturated rings. The van der Waals surface area contributed by atoms with Crippen LogP contribution in [0.15, 0.2) is 30.4 Å². The van der Waals surface area contributed by atoms with E-state index in [1.807, 2.05) is 13.0 Å². The van der Waals surface area contributed by atoms with Crippen LogP contribution in [-0.4, -0.2) is 22.0 Å². The summed E-state index contributed by atoms with van der Waals surface area (Å²) in [5.74, 6) is -1.64. The van der Waals surface area contributed by atoms with E-state index < -0.39 is 11.9 Å². The van der Waals surface area contributed by atoms with Crippen molar-refractivity contribution in [1.82, 2.24) is 4.98 Å². The molecule has 2 aromatic rings. The van der Waals surface area contributed by atoms with E-state index in [9.17, 15) is 9.59 Å². The highest BCUT2D eigenvalue weighted by molar-refractivity contribution is 7.18. The number of rotatable bonds is 3. The Bertz CT molecular complexity index is 646. The number of nitrogens with one attached hydrogen (secondary N) is 1. The summed E-state index contributed by atoms with van der Waals surface area (Å²) >= 11 is 1.58. The largest absolute Gasteiger partial charge is 0.478 e. The lowest BCUT2D eigenvalue weighted by molar-refractivity contribution is -0.131. The van der Waals surface area contributed by atoms with Crippen molar-refractivity contribution in [2.24, 2.45) is 0 Å². The van der Waals surface area contributed by atoms with Gasteiger partial charge in [-0.3, -0.25) is 4.79 Å². The van der Waals surface area contributed by atoms with E-state index in [4.69, 9.17) is 5.11 Å². The van der Waals surface area contributed by atoms with Gasteiger partial charge in [0, 0.05) is 17.8 Å². The van der Waals surface area contributed by atoms with Crippen molar-refractivity contribution in [2.45, 2.75) is 6.92 Å². The number of amides is 1. The van der Waals surface area contributed by atoms with Crippen molar-refractivity contribution in [1.29, 1.82) is 0 Å². The first-order chi connectivity index (χ1) is 8.54. The number of carbonyl (C=O) groups is 2. The molecule has 18 heavy (non-hydrogen) atoms. The maximum atomic E-state index is 11.4. The standard InChI is InChI=1S/C12H10N2O3S/c1-7-13-9-6-8(2-3-10(9)18-7)14-11(15)4-5-12(16)17/h2-6H,1H3,(H,14,15)(H,16,17). The summed E-state index contributed by atoms with van der Waals surface area (Å²) in [5, 5.41) is 11.9. The Morgan fingerprint density at radius 2 is 2.17 bits per heavy atom. The van der Waals surface area contributed by atoms with Gasteiger partial charge in [-0.05, 0) is 25.1 Å². The molecule has 6 heteroatoms. The predicted octanol–water partition coefficient (Wildman–Crippen LogP) is 2.18. The monoisotopic (exact) mass is 262 g/mol. The molecule has 0 radical (unpaired) electrons. The summed E-state index contributed by atoms with van der Waals surface area (Å²) in [6.45, 7) is 1.92. The third-order valence-electron chi connectivity index (χ3n) is 2.14. The van der Waals surface area contributed by atoms with E-state index in [1.165, 1.54) is 0 Å². The number of carboxylic acids is 1. The lowest BCUT2D eigenvalue weighted by Crippen LogP contribution is -2.08. The number of hydrogen-bond acceptors (Lipinski definition) is 4. The average molecular weight is 262 g/mol. The summed E-state index contributed by atoms with van der Waals surface area (Å²) < 4.78 is 1.05. The van der Waals surface area contributed by atoms with Crippen molar-refractivity contribution < 1.29 is 14.7 Å². The minimum atomic E-state index is -1.16. The zero-order chi connectivity index (χ0) is 13.1. The van der Waals surface area contributed by atoms with Crippen LogP contribution in [-0.2, 0) is 9.59 Å². The SMILES string of the molecule is Cc1nc2cc(NC(=O)C=CC(=O)O)ccc2s1. The Hall–Kier alpha value is -2.21. The quantitative estimate of drug-likeness (QED) is 0.831. The Labute approximate surface area is 107 Å². The number of benzene rings is 1. The number of carbonyl (C=O) groups excluding carboxylic acids is 1. The highest BCUT2D eigenvalue weighted by Crippen LogP contribution is 2.24. The number of anilines is 1. The Morgan fingerprint density at radius 3 is 2.89 bits per heavy atom. The smallest absolute Gasteiger partial charge is 0.328 e. The number of aryl methyl sites for hydroxylation is 1. The van der Waals surface area contributed by atoms with E-state index in [2.05, 4.69) is 10.3 Å². The second kappa shape index (κ2) is 4.97. The average Bonchev–Trinajstić information content (AvgIpc) is 2.66. The number of carboxylic acid groups (broad SMARTS) is 1. The van der Waals surface area contributed by atoms with Gasteiger partial charge in [-0.2, -0.15) is 0 Å². The molecule has 0 aliphatic rings. The van der Waals surface area contributed by atoms with E-state index in [1.54, 1.807) is 23.5 Å². The number of hydrogen-bond donors (Lipinski definition) is 2. The van der Waals surface area contributed by atoms with Gasteiger partial charge in [0.05, 0.1) is 15.2 Å². The van der Waals surface area contributed by atoms with Crippen molar-refractivity contribution in [3.8, 4) is 0 Å². The van der Waals surface area contributed by atoms with Crippen LogP contribution in [0.25, 0.3) is 10.2 Å². The van der Waals surface area contributed by atoms with Gasteiger partial charge in [0.25, 0.3) is 0 Å². The van der Waals surface area contributed by atoms with Crippen molar-refractivity contribution in [3.05, 3.63) is 35.4 Å². The molecule has 1 aromatic heterocycles. The van der Waals surface area contributed by atoms with Crippen LogP contribution in [0.2, 0.25) is 0 Å².